The van der Waals surface area contributed by atoms with Crippen LogP contribution in [0.5, 0.6) is 0 Å². The van der Waals surface area contributed by atoms with Crippen LogP contribution in [-0.4, -0.2) is 61.0 Å². The van der Waals surface area contributed by atoms with Crippen LogP contribution in [0.15, 0.2) is 24.3 Å². The van der Waals surface area contributed by atoms with Crippen LogP contribution in [0.25, 0.3) is 0 Å². The molecule has 1 aromatic carbocycles. The molecule has 0 aliphatic carbocycles. The van der Waals surface area contributed by atoms with Crippen LogP contribution in [-0.2, 0) is 20.7 Å². The third-order valence-electron chi connectivity index (χ3n) is 4.47. The molecule has 1 aromatic rings. The standard InChI is InChI=1S/C19H28N2O3/c1-3-24-14-6-9-18(22)20-10-12-21(13-11-20)19(23)15-17-8-5-4-7-16(17)2/h4-5,7-8H,3,6,9-15H2,1-2H3. The summed E-state index contributed by atoms with van der Waals surface area (Å²) >= 11 is 0. The molecule has 0 atom stereocenters. The highest BCUT2D eigenvalue weighted by Gasteiger charge is 2.23. The topological polar surface area (TPSA) is 49.9 Å². The molecule has 0 saturated carbocycles. The molecule has 1 fully saturated rings. The van der Waals surface area contributed by atoms with E-state index in [-0.39, 0.29) is 11.8 Å². The van der Waals surface area contributed by atoms with Gasteiger partial charge in [-0.15, -0.1) is 0 Å². The Morgan fingerprint density at radius 3 is 2.29 bits per heavy atom. The van der Waals surface area contributed by atoms with Crippen molar-refractivity contribution in [1.29, 1.82) is 0 Å². The van der Waals surface area contributed by atoms with Gasteiger partial charge in [0.15, 0.2) is 0 Å². The molecule has 0 aromatic heterocycles. The van der Waals surface area contributed by atoms with E-state index in [2.05, 4.69) is 0 Å². The van der Waals surface area contributed by atoms with Gasteiger partial charge in [0.2, 0.25) is 11.8 Å². The number of piperazine rings is 1. The molecule has 0 spiro atoms. The van der Waals surface area contributed by atoms with Gasteiger partial charge in [0.1, 0.15) is 0 Å². The van der Waals surface area contributed by atoms with Gasteiger partial charge >= 0.3 is 0 Å². The molecule has 1 aliphatic heterocycles. The highest BCUT2D eigenvalue weighted by atomic mass is 16.5. The summed E-state index contributed by atoms with van der Waals surface area (Å²) in [5.74, 6) is 0.313. The summed E-state index contributed by atoms with van der Waals surface area (Å²) in [4.78, 5) is 28.3. The number of aryl methyl sites for hydroxylation is 1. The molecule has 5 nitrogen and oxygen atoms in total. The van der Waals surface area contributed by atoms with Crippen LogP contribution >= 0.6 is 0 Å². The van der Waals surface area contributed by atoms with Gasteiger partial charge in [-0.1, -0.05) is 24.3 Å². The van der Waals surface area contributed by atoms with Crippen molar-refractivity contribution in [2.45, 2.75) is 33.1 Å². The Kier molecular flexibility index (Phi) is 7.25. The number of carbonyl (C=O) groups excluding carboxylic acids is 2. The normalized spacial score (nSPS) is 14.8. The Bertz CT molecular complexity index is 551. The van der Waals surface area contributed by atoms with Crippen LogP contribution in [0.2, 0.25) is 0 Å². The lowest BCUT2D eigenvalue weighted by atomic mass is 10.1. The van der Waals surface area contributed by atoms with E-state index in [9.17, 15) is 9.59 Å². The molecule has 132 valence electrons. The molecule has 2 rings (SSSR count). The van der Waals surface area contributed by atoms with Gasteiger partial charge in [0.05, 0.1) is 6.42 Å². The fraction of sp³-hybridized carbons (Fsp3) is 0.579. The van der Waals surface area contributed by atoms with Crippen LogP contribution in [0.4, 0.5) is 0 Å². The van der Waals surface area contributed by atoms with E-state index in [1.807, 2.05) is 47.9 Å². The van der Waals surface area contributed by atoms with Crippen LogP contribution in [0.3, 0.4) is 0 Å². The van der Waals surface area contributed by atoms with Crippen molar-refractivity contribution in [2.75, 3.05) is 39.4 Å². The van der Waals surface area contributed by atoms with E-state index >= 15 is 0 Å². The average molecular weight is 332 g/mol. The molecule has 1 saturated heterocycles. The Morgan fingerprint density at radius 1 is 1.04 bits per heavy atom. The zero-order valence-electron chi connectivity index (χ0n) is 14.8. The number of nitrogens with zero attached hydrogens (tertiary/aromatic N) is 2. The number of amides is 2. The molecular formula is C19H28N2O3. The van der Waals surface area contributed by atoms with Crippen molar-refractivity contribution < 1.29 is 14.3 Å². The molecule has 0 radical (unpaired) electrons. The third-order valence-corrected chi connectivity index (χ3v) is 4.47. The van der Waals surface area contributed by atoms with Crippen molar-refractivity contribution in [1.82, 2.24) is 9.80 Å². The first-order chi connectivity index (χ1) is 11.6. The number of benzene rings is 1. The highest BCUT2D eigenvalue weighted by Crippen LogP contribution is 2.11. The van der Waals surface area contributed by atoms with E-state index in [1.54, 1.807) is 0 Å². The SMILES string of the molecule is CCOCCCC(=O)N1CCN(C(=O)Cc2ccccc2C)CC1. The molecule has 2 amide bonds. The van der Waals surface area contributed by atoms with Gasteiger partial charge in [-0.3, -0.25) is 9.59 Å². The number of ether oxygens (including phenoxy) is 1. The van der Waals surface area contributed by atoms with Crippen molar-refractivity contribution >= 4 is 11.8 Å². The number of carbonyl (C=O) groups is 2. The molecule has 1 heterocycles. The third kappa shape index (κ3) is 5.34. The predicted molar refractivity (Wildman–Crippen MR) is 93.8 cm³/mol. The van der Waals surface area contributed by atoms with Crippen LogP contribution in [0.1, 0.15) is 30.9 Å². The summed E-state index contributed by atoms with van der Waals surface area (Å²) in [7, 11) is 0. The quantitative estimate of drug-likeness (QED) is 0.718. The van der Waals surface area contributed by atoms with Crippen LogP contribution < -0.4 is 0 Å². The lowest BCUT2D eigenvalue weighted by Crippen LogP contribution is -2.51. The Balaban J connectivity index is 1.75. The zero-order valence-corrected chi connectivity index (χ0v) is 14.8. The van der Waals surface area contributed by atoms with E-state index in [1.165, 1.54) is 0 Å². The smallest absolute Gasteiger partial charge is 0.227 e. The predicted octanol–water partition coefficient (Wildman–Crippen LogP) is 2.03. The maximum atomic E-state index is 12.4. The maximum absolute atomic E-state index is 12.4. The second kappa shape index (κ2) is 9.42. The van der Waals surface area contributed by atoms with Crippen molar-refractivity contribution in [2.24, 2.45) is 0 Å². The molecule has 1 aliphatic rings. The molecule has 0 unspecified atom stereocenters. The second-order valence-electron chi connectivity index (χ2n) is 6.17. The first kappa shape index (κ1) is 18.5. The largest absolute Gasteiger partial charge is 0.382 e. The summed E-state index contributed by atoms with van der Waals surface area (Å²) in [6.45, 7) is 7.83. The van der Waals surface area contributed by atoms with Gasteiger partial charge in [0.25, 0.3) is 0 Å². The molecule has 0 bridgehead atoms. The van der Waals surface area contributed by atoms with E-state index in [0.29, 0.717) is 52.2 Å². The van der Waals surface area contributed by atoms with E-state index in [4.69, 9.17) is 4.74 Å². The zero-order chi connectivity index (χ0) is 17.4. The molecular weight excluding hydrogens is 304 g/mol. The van der Waals surface area contributed by atoms with E-state index in [0.717, 1.165) is 17.5 Å². The Hall–Kier alpha value is -1.88. The van der Waals surface area contributed by atoms with Crippen LogP contribution in [0, 0.1) is 6.92 Å². The van der Waals surface area contributed by atoms with Gasteiger partial charge in [-0.05, 0) is 31.4 Å². The molecule has 5 heteroatoms. The monoisotopic (exact) mass is 332 g/mol. The molecule has 0 N–H and O–H groups in total. The number of hydrogen-bond acceptors (Lipinski definition) is 3. The minimum absolute atomic E-state index is 0.146. The first-order valence-corrected chi connectivity index (χ1v) is 8.79. The summed E-state index contributed by atoms with van der Waals surface area (Å²) in [6.07, 6.45) is 1.73. The minimum atomic E-state index is 0.146. The number of hydrogen-bond donors (Lipinski definition) is 0. The van der Waals surface area contributed by atoms with Gasteiger partial charge in [0, 0.05) is 45.8 Å². The van der Waals surface area contributed by atoms with E-state index < -0.39 is 0 Å². The summed E-state index contributed by atoms with van der Waals surface area (Å²) < 4.78 is 5.26. The Morgan fingerprint density at radius 2 is 1.67 bits per heavy atom. The van der Waals surface area contributed by atoms with Gasteiger partial charge in [-0.25, -0.2) is 0 Å². The maximum Gasteiger partial charge on any atom is 0.227 e. The summed E-state index contributed by atoms with van der Waals surface area (Å²) in [6, 6.07) is 7.99. The lowest BCUT2D eigenvalue weighted by Gasteiger charge is -2.35. The van der Waals surface area contributed by atoms with Crippen molar-refractivity contribution in [3.8, 4) is 0 Å². The summed E-state index contributed by atoms with van der Waals surface area (Å²) in [5, 5.41) is 0. The fourth-order valence-corrected chi connectivity index (χ4v) is 2.92. The van der Waals surface area contributed by atoms with Crippen molar-refractivity contribution in [3.05, 3.63) is 35.4 Å². The minimum Gasteiger partial charge on any atom is -0.382 e. The van der Waals surface area contributed by atoms with Gasteiger partial charge in [-0.2, -0.15) is 0 Å². The lowest BCUT2D eigenvalue weighted by molar-refractivity contribution is -0.139. The summed E-state index contributed by atoms with van der Waals surface area (Å²) in [5.41, 5.74) is 2.23. The van der Waals surface area contributed by atoms with Crippen molar-refractivity contribution in [3.63, 3.8) is 0 Å². The molecule has 24 heavy (non-hydrogen) atoms. The van der Waals surface area contributed by atoms with Gasteiger partial charge < -0.3 is 14.5 Å². The highest BCUT2D eigenvalue weighted by molar-refractivity contribution is 5.80. The average Bonchev–Trinajstić information content (AvgIpc) is 2.60. The number of rotatable bonds is 7. The second-order valence-corrected chi connectivity index (χ2v) is 6.17. The first-order valence-electron chi connectivity index (χ1n) is 8.79. The fourth-order valence-electron chi connectivity index (χ4n) is 2.92. The Labute approximate surface area is 144 Å².